The highest BCUT2D eigenvalue weighted by Crippen LogP contribution is 2.37. The zero-order valence-corrected chi connectivity index (χ0v) is 8.32. The Morgan fingerprint density at radius 3 is 2.38 bits per heavy atom. The van der Waals surface area contributed by atoms with Gasteiger partial charge in [-0.1, -0.05) is 20.8 Å². The number of amides is 1. The second-order valence-corrected chi connectivity index (χ2v) is 4.69. The van der Waals surface area contributed by atoms with E-state index in [0.29, 0.717) is 6.54 Å². The van der Waals surface area contributed by atoms with Crippen LogP contribution in [0.1, 0.15) is 20.8 Å². The maximum absolute atomic E-state index is 10.7. The summed E-state index contributed by atoms with van der Waals surface area (Å²) in [5.41, 5.74) is -0.0932. The van der Waals surface area contributed by atoms with E-state index in [4.69, 9.17) is 10.2 Å². The maximum Gasteiger partial charge on any atom is 0.407 e. The number of hydrogen-bond acceptors (Lipinski definition) is 2. The maximum atomic E-state index is 10.7. The summed E-state index contributed by atoms with van der Waals surface area (Å²) in [6.07, 6.45) is -0.885. The Bertz CT molecular complexity index is 209. The second kappa shape index (κ2) is 3.18. The van der Waals surface area contributed by atoms with Gasteiger partial charge in [-0.3, -0.25) is 0 Å². The number of likely N-dealkylation sites (tertiary alicyclic amines) is 1. The molecule has 1 aliphatic rings. The Morgan fingerprint density at radius 1 is 1.54 bits per heavy atom. The van der Waals surface area contributed by atoms with Crippen LogP contribution < -0.4 is 0 Å². The van der Waals surface area contributed by atoms with Crippen molar-refractivity contribution in [2.75, 3.05) is 13.2 Å². The first kappa shape index (κ1) is 10.3. The van der Waals surface area contributed by atoms with Gasteiger partial charge in [0.1, 0.15) is 0 Å². The van der Waals surface area contributed by atoms with Crippen LogP contribution in [0, 0.1) is 11.3 Å². The van der Waals surface area contributed by atoms with Crippen molar-refractivity contribution in [1.29, 1.82) is 0 Å². The van der Waals surface area contributed by atoms with Crippen LogP contribution in [0.5, 0.6) is 0 Å². The van der Waals surface area contributed by atoms with Crippen LogP contribution >= 0.6 is 0 Å². The lowest BCUT2D eigenvalue weighted by Gasteiger charge is -2.52. The summed E-state index contributed by atoms with van der Waals surface area (Å²) in [7, 11) is 0. The molecule has 2 N–H and O–H groups in total. The van der Waals surface area contributed by atoms with Gasteiger partial charge in [0.05, 0.1) is 0 Å². The van der Waals surface area contributed by atoms with Crippen LogP contribution in [-0.2, 0) is 0 Å². The van der Waals surface area contributed by atoms with E-state index >= 15 is 0 Å². The lowest BCUT2D eigenvalue weighted by Crippen LogP contribution is -2.64. The largest absolute Gasteiger partial charge is 0.465 e. The van der Waals surface area contributed by atoms with Crippen LogP contribution in [0.2, 0.25) is 0 Å². The number of hydrogen-bond donors (Lipinski definition) is 2. The second-order valence-electron chi connectivity index (χ2n) is 4.69. The van der Waals surface area contributed by atoms with Crippen molar-refractivity contribution in [3.8, 4) is 0 Å². The molecule has 0 spiro atoms. The third-order valence-electron chi connectivity index (χ3n) is 2.58. The molecule has 1 rings (SSSR count). The van der Waals surface area contributed by atoms with Crippen LogP contribution in [-0.4, -0.2) is 40.4 Å². The molecule has 0 bridgehead atoms. The third-order valence-corrected chi connectivity index (χ3v) is 2.58. The Morgan fingerprint density at radius 2 is 2.08 bits per heavy atom. The van der Waals surface area contributed by atoms with Gasteiger partial charge in [-0.15, -0.1) is 0 Å². The highest BCUT2D eigenvalue weighted by molar-refractivity contribution is 5.67. The number of nitrogens with zero attached hydrogens (tertiary/aromatic N) is 1. The molecular formula is C9H17NO3. The van der Waals surface area contributed by atoms with E-state index in [0.717, 1.165) is 0 Å². The molecule has 0 aromatic carbocycles. The van der Waals surface area contributed by atoms with Gasteiger partial charge in [0.15, 0.2) is 0 Å². The fourth-order valence-electron chi connectivity index (χ4n) is 2.11. The van der Waals surface area contributed by atoms with Crippen molar-refractivity contribution < 1.29 is 15.0 Å². The zero-order chi connectivity index (χ0) is 10.2. The number of carboxylic acid groups (broad SMARTS) is 1. The smallest absolute Gasteiger partial charge is 0.407 e. The first-order chi connectivity index (χ1) is 5.88. The summed E-state index contributed by atoms with van der Waals surface area (Å²) in [5.74, 6) is 0.107. The fourth-order valence-corrected chi connectivity index (χ4v) is 2.11. The monoisotopic (exact) mass is 187 g/mol. The topological polar surface area (TPSA) is 60.8 Å². The quantitative estimate of drug-likeness (QED) is 0.644. The minimum absolute atomic E-state index is 0.0463. The molecule has 1 saturated heterocycles. The van der Waals surface area contributed by atoms with Crippen molar-refractivity contribution >= 4 is 6.09 Å². The fraction of sp³-hybridized carbons (Fsp3) is 0.889. The number of carbonyl (C=O) groups is 1. The van der Waals surface area contributed by atoms with Gasteiger partial charge in [-0.05, 0) is 5.41 Å². The molecule has 0 aromatic heterocycles. The highest BCUT2D eigenvalue weighted by Gasteiger charge is 2.47. The third kappa shape index (κ3) is 1.77. The molecule has 1 fully saturated rings. The van der Waals surface area contributed by atoms with Gasteiger partial charge in [-0.25, -0.2) is 4.79 Å². The standard InChI is InChI=1S/C9H17NO3/c1-9(2,3)7-6(5-11)4-10(7)8(12)13/h6-7,11H,4-5H2,1-3H3,(H,12,13). The lowest BCUT2D eigenvalue weighted by molar-refractivity contribution is -0.0553. The number of rotatable bonds is 1. The molecule has 4 nitrogen and oxygen atoms in total. The predicted octanol–water partition coefficient (Wildman–Crippen LogP) is 1.00. The molecule has 4 heteroatoms. The minimum atomic E-state index is -0.885. The summed E-state index contributed by atoms with van der Waals surface area (Å²) in [5, 5.41) is 17.8. The molecule has 13 heavy (non-hydrogen) atoms. The molecule has 0 aliphatic carbocycles. The average Bonchev–Trinajstić information content (AvgIpc) is 1.80. The lowest BCUT2D eigenvalue weighted by atomic mass is 9.73. The van der Waals surface area contributed by atoms with Gasteiger partial charge in [0.2, 0.25) is 0 Å². The van der Waals surface area contributed by atoms with Crippen LogP contribution in [0.25, 0.3) is 0 Å². The van der Waals surface area contributed by atoms with Gasteiger partial charge >= 0.3 is 6.09 Å². The number of aliphatic hydroxyl groups excluding tert-OH is 1. The van der Waals surface area contributed by atoms with Crippen molar-refractivity contribution in [2.45, 2.75) is 26.8 Å². The highest BCUT2D eigenvalue weighted by atomic mass is 16.4. The number of aliphatic hydroxyl groups is 1. The molecular weight excluding hydrogens is 170 g/mol. The van der Waals surface area contributed by atoms with Gasteiger partial charge in [-0.2, -0.15) is 0 Å². The van der Waals surface area contributed by atoms with E-state index in [-0.39, 0.29) is 24.0 Å². The Balaban J connectivity index is 2.70. The predicted molar refractivity (Wildman–Crippen MR) is 48.5 cm³/mol. The summed E-state index contributed by atoms with van der Waals surface area (Å²) in [6.45, 7) is 6.53. The SMILES string of the molecule is CC(C)(C)C1C(CO)CN1C(=O)O. The van der Waals surface area contributed by atoms with Gasteiger partial charge in [0.25, 0.3) is 0 Å². The van der Waals surface area contributed by atoms with Crippen molar-refractivity contribution in [1.82, 2.24) is 4.90 Å². The van der Waals surface area contributed by atoms with Gasteiger partial charge < -0.3 is 15.1 Å². The minimum Gasteiger partial charge on any atom is -0.465 e. The Kier molecular flexibility index (Phi) is 2.52. The summed E-state index contributed by atoms with van der Waals surface area (Å²) < 4.78 is 0. The normalized spacial score (nSPS) is 28.5. The Hall–Kier alpha value is -0.770. The molecule has 0 saturated carbocycles. The molecule has 1 aliphatic heterocycles. The van der Waals surface area contributed by atoms with E-state index in [1.807, 2.05) is 20.8 Å². The summed E-state index contributed by atoms with van der Waals surface area (Å²) in [6, 6.07) is -0.0463. The molecule has 2 unspecified atom stereocenters. The Labute approximate surface area is 78.2 Å². The molecule has 76 valence electrons. The van der Waals surface area contributed by atoms with Crippen LogP contribution in [0.15, 0.2) is 0 Å². The van der Waals surface area contributed by atoms with E-state index in [1.54, 1.807) is 0 Å². The van der Waals surface area contributed by atoms with Crippen LogP contribution in [0.4, 0.5) is 4.79 Å². The average molecular weight is 187 g/mol. The summed E-state index contributed by atoms with van der Waals surface area (Å²) in [4.78, 5) is 12.1. The van der Waals surface area contributed by atoms with E-state index in [2.05, 4.69) is 0 Å². The van der Waals surface area contributed by atoms with E-state index in [1.165, 1.54) is 4.90 Å². The van der Waals surface area contributed by atoms with Gasteiger partial charge in [0, 0.05) is 25.1 Å². The van der Waals surface area contributed by atoms with Crippen molar-refractivity contribution in [3.05, 3.63) is 0 Å². The molecule has 2 atom stereocenters. The van der Waals surface area contributed by atoms with Crippen molar-refractivity contribution in [2.24, 2.45) is 11.3 Å². The van der Waals surface area contributed by atoms with E-state index in [9.17, 15) is 4.79 Å². The summed E-state index contributed by atoms with van der Waals surface area (Å²) >= 11 is 0. The first-order valence-electron chi connectivity index (χ1n) is 4.48. The molecule has 1 amide bonds. The van der Waals surface area contributed by atoms with Crippen molar-refractivity contribution in [3.63, 3.8) is 0 Å². The zero-order valence-electron chi connectivity index (χ0n) is 8.32. The van der Waals surface area contributed by atoms with Crippen LogP contribution in [0.3, 0.4) is 0 Å². The first-order valence-corrected chi connectivity index (χ1v) is 4.48. The van der Waals surface area contributed by atoms with E-state index < -0.39 is 6.09 Å². The molecule has 0 aromatic rings. The molecule has 0 radical (unpaired) electrons. The molecule has 1 heterocycles.